The monoisotopic (exact) mass is 190 g/mol. The van der Waals surface area contributed by atoms with E-state index >= 15 is 0 Å². The zero-order valence-corrected chi connectivity index (χ0v) is 7.27. The molecule has 0 aliphatic heterocycles. The van der Waals surface area contributed by atoms with Crippen LogP contribution in [0.1, 0.15) is 11.1 Å². The van der Waals surface area contributed by atoms with Crippen LogP contribution in [0.2, 0.25) is 0 Å². The fraction of sp³-hybridized carbons (Fsp3) is 0.333. The van der Waals surface area contributed by atoms with Gasteiger partial charge in [0, 0.05) is 5.56 Å². The van der Waals surface area contributed by atoms with Crippen LogP contribution < -0.4 is 4.74 Å². The third-order valence-corrected chi connectivity index (χ3v) is 1.74. The average Bonchev–Trinajstić information content (AvgIpc) is 2.05. The van der Waals surface area contributed by atoms with E-state index in [2.05, 4.69) is 4.74 Å². The van der Waals surface area contributed by atoms with E-state index < -0.39 is 12.4 Å². The van der Waals surface area contributed by atoms with Crippen LogP contribution in [0.3, 0.4) is 0 Å². The lowest BCUT2D eigenvalue weighted by molar-refractivity contribution is -0.0509. The van der Waals surface area contributed by atoms with Crippen molar-refractivity contribution < 1.29 is 17.9 Å². The highest BCUT2D eigenvalue weighted by molar-refractivity contribution is 5.40. The van der Waals surface area contributed by atoms with Gasteiger partial charge < -0.3 is 4.74 Å². The molecule has 1 rings (SSSR count). The SMILES string of the molecule is Cc1ccc(F)c(C)c1OC(F)F. The van der Waals surface area contributed by atoms with Gasteiger partial charge in [0.2, 0.25) is 0 Å². The summed E-state index contributed by atoms with van der Waals surface area (Å²) in [5, 5.41) is 0. The summed E-state index contributed by atoms with van der Waals surface area (Å²) in [5.41, 5.74) is 0.611. The Kier molecular flexibility index (Phi) is 2.80. The highest BCUT2D eigenvalue weighted by Crippen LogP contribution is 2.26. The van der Waals surface area contributed by atoms with Gasteiger partial charge in [-0.05, 0) is 25.5 Å². The summed E-state index contributed by atoms with van der Waals surface area (Å²) in [7, 11) is 0. The molecule has 0 N–H and O–H groups in total. The van der Waals surface area contributed by atoms with Crippen molar-refractivity contribution >= 4 is 0 Å². The van der Waals surface area contributed by atoms with Gasteiger partial charge in [-0.1, -0.05) is 6.07 Å². The Morgan fingerprint density at radius 1 is 1.23 bits per heavy atom. The molecule has 0 spiro atoms. The predicted octanol–water partition coefficient (Wildman–Crippen LogP) is 3.04. The van der Waals surface area contributed by atoms with Crippen LogP contribution in [0.15, 0.2) is 12.1 Å². The largest absolute Gasteiger partial charge is 0.434 e. The van der Waals surface area contributed by atoms with E-state index in [-0.39, 0.29) is 11.3 Å². The minimum absolute atomic E-state index is 0.0741. The van der Waals surface area contributed by atoms with Crippen LogP contribution in [0.5, 0.6) is 5.75 Å². The van der Waals surface area contributed by atoms with E-state index in [0.717, 1.165) is 0 Å². The first-order valence-corrected chi connectivity index (χ1v) is 3.73. The molecule has 0 aromatic heterocycles. The number of aryl methyl sites for hydroxylation is 1. The van der Waals surface area contributed by atoms with Gasteiger partial charge in [-0.3, -0.25) is 0 Å². The predicted molar refractivity (Wildman–Crippen MR) is 42.5 cm³/mol. The summed E-state index contributed by atoms with van der Waals surface area (Å²) in [6.45, 7) is 0.0729. The molecule has 0 fully saturated rings. The first-order chi connectivity index (χ1) is 6.02. The Morgan fingerprint density at radius 2 is 1.85 bits per heavy atom. The van der Waals surface area contributed by atoms with E-state index in [0.29, 0.717) is 5.56 Å². The Labute approximate surface area is 74.1 Å². The van der Waals surface area contributed by atoms with E-state index in [1.54, 1.807) is 6.92 Å². The molecular weight excluding hydrogens is 181 g/mol. The molecule has 0 heterocycles. The molecule has 0 amide bonds. The second kappa shape index (κ2) is 3.68. The molecular formula is C9H9F3O. The maximum atomic E-state index is 12.9. The third kappa shape index (κ3) is 2.14. The van der Waals surface area contributed by atoms with Gasteiger partial charge >= 0.3 is 6.61 Å². The van der Waals surface area contributed by atoms with Crippen LogP contribution in [0, 0.1) is 19.7 Å². The number of ether oxygens (including phenoxy) is 1. The van der Waals surface area contributed by atoms with Gasteiger partial charge in [0.05, 0.1) is 0 Å². The Hall–Kier alpha value is -1.19. The lowest BCUT2D eigenvalue weighted by Crippen LogP contribution is -2.05. The zero-order chi connectivity index (χ0) is 10.0. The molecule has 0 saturated heterocycles. The lowest BCUT2D eigenvalue weighted by Gasteiger charge is -2.10. The van der Waals surface area contributed by atoms with Crippen LogP contribution in [0.4, 0.5) is 13.2 Å². The normalized spacial score (nSPS) is 10.6. The van der Waals surface area contributed by atoms with E-state index in [1.165, 1.54) is 19.1 Å². The van der Waals surface area contributed by atoms with Crippen molar-refractivity contribution in [1.82, 2.24) is 0 Å². The molecule has 4 heteroatoms. The van der Waals surface area contributed by atoms with Crippen molar-refractivity contribution in [2.24, 2.45) is 0 Å². The molecule has 1 aromatic carbocycles. The quantitative estimate of drug-likeness (QED) is 0.696. The van der Waals surface area contributed by atoms with Gasteiger partial charge in [0.1, 0.15) is 11.6 Å². The third-order valence-electron chi connectivity index (χ3n) is 1.74. The maximum Gasteiger partial charge on any atom is 0.387 e. The van der Waals surface area contributed by atoms with Gasteiger partial charge in [-0.15, -0.1) is 0 Å². The maximum absolute atomic E-state index is 12.9. The summed E-state index contributed by atoms with van der Waals surface area (Å²) < 4.78 is 40.8. The van der Waals surface area contributed by atoms with Crippen LogP contribution in [-0.2, 0) is 0 Å². The highest BCUT2D eigenvalue weighted by Gasteiger charge is 2.12. The molecule has 1 aromatic rings. The van der Waals surface area contributed by atoms with Crippen molar-refractivity contribution in [3.63, 3.8) is 0 Å². The van der Waals surface area contributed by atoms with Crippen molar-refractivity contribution in [2.75, 3.05) is 0 Å². The average molecular weight is 190 g/mol. The summed E-state index contributed by atoms with van der Waals surface area (Å²) >= 11 is 0. The van der Waals surface area contributed by atoms with Crippen molar-refractivity contribution in [1.29, 1.82) is 0 Å². The molecule has 0 unspecified atom stereocenters. The second-order valence-corrected chi connectivity index (χ2v) is 2.70. The number of rotatable bonds is 2. The van der Waals surface area contributed by atoms with Crippen molar-refractivity contribution in [3.8, 4) is 5.75 Å². The lowest BCUT2D eigenvalue weighted by atomic mass is 10.1. The first-order valence-electron chi connectivity index (χ1n) is 3.73. The van der Waals surface area contributed by atoms with Crippen molar-refractivity contribution in [2.45, 2.75) is 20.5 Å². The summed E-state index contributed by atoms with van der Waals surface area (Å²) in [6, 6.07) is 2.63. The van der Waals surface area contributed by atoms with E-state index in [9.17, 15) is 13.2 Å². The fourth-order valence-corrected chi connectivity index (χ4v) is 1.07. The Bertz CT molecular complexity index is 310. The molecule has 0 atom stereocenters. The molecule has 0 aliphatic rings. The summed E-state index contributed by atoms with van der Waals surface area (Å²) in [4.78, 5) is 0. The van der Waals surface area contributed by atoms with Gasteiger partial charge in [0.25, 0.3) is 0 Å². The molecule has 1 nitrogen and oxygen atoms in total. The van der Waals surface area contributed by atoms with Crippen molar-refractivity contribution in [3.05, 3.63) is 29.1 Å². The number of hydrogen-bond acceptors (Lipinski definition) is 1. The number of hydrogen-bond donors (Lipinski definition) is 0. The topological polar surface area (TPSA) is 9.23 Å². The standard InChI is InChI=1S/C9H9F3O/c1-5-3-4-7(10)6(2)8(5)13-9(11)12/h3-4,9H,1-2H3. The minimum Gasteiger partial charge on any atom is -0.434 e. The van der Waals surface area contributed by atoms with E-state index in [4.69, 9.17) is 0 Å². The van der Waals surface area contributed by atoms with Crippen LogP contribution >= 0.6 is 0 Å². The molecule has 0 aliphatic carbocycles. The number of alkyl halides is 2. The number of benzene rings is 1. The first kappa shape index (κ1) is 9.89. The van der Waals surface area contributed by atoms with Gasteiger partial charge in [-0.2, -0.15) is 8.78 Å². The number of halogens is 3. The highest BCUT2D eigenvalue weighted by atomic mass is 19.3. The smallest absolute Gasteiger partial charge is 0.387 e. The molecule has 72 valence electrons. The minimum atomic E-state index is -2.92. The Morgan fingerprint density at radius 3 is 2.38 bits per heavy atom. The summed E-state index contributed by atoms with van der Waals surface area (Å²) in [6.07, 6.45) is 0. The molecule has 13 heavy (non-hydrogen) atoms. The summed E-state index contributed by atoms with van der Waals surface area (Å²) in [5.74, 6) is -0.615. The van der Waals surface area contributed by atoms with E-state index in [1.807, 2.05) is 0 Å². The molecule has 0 bridgehead atoms. The van der Waals surface area contributed by atoms with Crippen LogP contribution in [0.25, 0.3) is 0 Å². The zero-order valence-electron chi connectivity index (χ0n) is 7.27. The fourth-order valence-electron chi connectivity index (χ4n) is 1.07. The van der Waals surface area contributed by atoms with Gasteiger partial charge in [-0.25, -0.2) is 4.39 Å². The van der Waals surface area contributed by atoms with Crippen LogP contribution in [-0.4, -0.2) is 6.61 Å². The molecule has 0 saturated carbocycles. The second-order valence-electron chi connectivity index (χ2n) is 2.70. The Balaban J connectivity index is 3.10. The van der Waals surface area contributed by atoms with Gasteiger partial charge in [0.15, 0.2) is 0 Å². The molecule has 0 radical (unpaired) electrons.